The summed E-state index contributed by atoms with van der Waals surface area (Å²) in [5.74, 6) is 0.445. The zero-order valence-electron chi connectivity index (χ0n) is 22.7. The molecule has 1 unspecified atom stereocenters. The molecule has 2 aliphatic heterocycles. The monoisotopic (exact) mass is 493 g/mol. The summed E-state index contributed by atoms with van der Waals surface area (Å²) in [5, 5.41) is 37.9. The highest BCUT2D eigenvalue weighted by molar-refractivity contribution is 5.78. The second kappa shape index (κ2) is 14.8. The van der Waals surface area contributed by atoms with E-state index in [9.17, 15) is 15.3 Å². The second-order valence-electron chi connectivity index (χ2n) is 8.14. The number of nitrogens with zero attached hydrogens (tertiary/aromatic N) is 1. The quantitative estimate of drug-likeness (QED) is 0.328. The van der Waals surface area contributed by atoms with E-state index in [-0.39, 0.29) is 23.3 Å². The number of allylic oxidation sites excluding steroid dienone is 2. The van der Waals surface area contributed by atoms with E-state index in [2.05, 4.69) is 25.0 Å². The van der Waals surface area contributed by atoms with Crippen molar-refractivity contribution in [1.29, 1.82) is 0 Å². The largest absolute Gasteiger partial charge is 0.508 e. The van der Waals surface area contributed by atoms with Crippen LogP contribution in [0.1, 0.15) is 75.8 Å². The summed E-state index contributed by atoms with van der Waals surface area (Å²) >= 11 is 0. The number of phenolic OH excluding ortho intramolecular Hbond substituents is 2. The third-order valence-corrected chi connectivity index (χ3v) is 5.75. The first kappa shape index (κ1) is 30.6. The van der Waals surface area contributed by atoms with Gasteiger partial charge in [0, 0.05) is 29.6 Å². The lowest BCUT2D eigenvalue weighted by molar-refractivity contribution is 0.287. The fraction of sp³-hybridized carbons (Fsp3) is 0.355. The molecule has 0 aromatic heterocycles. The number of fused-ring (bicyclic) bond motifs is 3. The van der Waals surface area contributed by atoms with E-state index in [1.54, 1.807) is 18.2 Å². The predicted octanol–water partition coefficient (Wildman–Crippen LogP) is 7.70. The minimum atomic E-state index is -0.0303. The van der Waals surface area contributed by atoms with Crippen molar-refractivity contribution >= 4 is 5.70 Å². The molecule has 5 nitrogen and oxygen atoms in total. The lowest BCUT2D eigenvalue weighted by atomic mass is 9.84. The molecule has 0 bridgehead atoms. The number of hydrogen-bond acceptors (Lipinski definition) is 5. The molecule has 0 fully saturated rings. The molecule has 2 heterocycles. The highest BCUT2D eigenvalue weighted by atomic mass is 16.3. The van der Waals surface area contributed by atoms with Crippen LogP contribution in [0.25, 0.3) is 5.70 Å². The Morgan fingerprint density at radius 1 is 1.06 bits per heavy atom. The number of aryl methyl sites for hydroxylation is 1. The van der Waals surface area contributed by atoms with Crippen molar-refractivity contribution in [2.24, 2.45) is 0 Å². The van der Waals surface area contributed by atoms with E-state index in [1.807, 2.05) is 65.1 Å². The molecule has 0 saturated carbocycles. The van der Waals surface area contributed by atoms with Crippen LogP contribution in [-0.4, -0.2) is 31.9 Å². The maximum atomic E-state index is 10.2. The van der Waals surface area contributed by atoms with Crippen molar-refractivity contribution in [3.8, 4) is 11.5 Å². The van der Waals surface area contributed by atoms with E-state index in [4.69, 9.17) is 5.11 Å². The third-order valence-electron chi connectivity index (χ3n) is 5.75. The van der Waals surface area contributed by atoms with Gasteiger partial charge in [-0.15, -0.1) is 0 Å². The average molecular weight is 494 g/mol. The topological polar surface area (TPSA) is 84.2 Å². The third kappa shape index (κ3) is 7.28. The Balaban J connectivity index is 0.000000634. The standard InChI is InChI=1S/C23H21NO3.C4H10O.2C2H6/c1-13-9-22-19-11-23(27)14(2)8-17(19)10-21(16-4-6-18(26)7-5-16)24(22)12-20(13)15(3)25;1-2-3-4-5;2*1-2/h4-9,11-12,21,25-27H,1,3,10H2,2H3;5H,2-4H2,1H3;2*1-2H3. The highest BCUT2D eigenvalue weighted by Gasteiger charge is 2.33. The van der Waals surface area contributed by atoms with E-state index >= 15 is 0 Å². The molecule has 0 aliphatic carbocycles. The van der Waals surface area contributed by atoms with E-state index in [0.29, 0.717) is 17.8 Å². The summed E-state index contributed by atoms with van der Waals surface area (Å²) < 4.78 is 0. The zero-order valence-corrected chi connectivity index (χ0v) is 22.7. The molecule has 4 rings (SSSR count). The Hall–Kier alpha value is -3.44. The number of hydrogen-bond donors (Lipinski definition) is 4. The van der Waals surface area contributed by atoms with Gasteiger partial charge in [0.25, 0.3) is 0 Å². The molecule has 2 aromatic rings. The number of unbranched alkanes of at least 4 members (excludes halogenated alkanes) is 1. The second-order valence-corrected chi connectivity index (χ2v) is 8.14. The van der Waals surface area contributed by atoms with E-state index < -0.39 is 0 Å². The molecule has 2 aromatic carbocycles. The van der Waals surface area contributed by atoms with Crippen LogP contribution >= 0.6 is 0 Å². The molecule has 0 saturated heterocycles. The maximum Gasteiger partial charge on any atom is 0.119 e. The molecule has 0 amide bonds. The molecular weight excluding hydrogens is 450 g/mol. The van der Waals surface area contributed by atoms with Crippen molar-refractivity contribution in [2.75, 3.05) is 6.61 Å². The van der Waals surface area contributed by atoms with Crippen LogP contribution in [0.2, 0.25) is 0 Å². The summed E-state index contributed by atoms with van der Waals surface area (Å²) in [4.78, 5) is 2.08. The molecule has 0 radical (unpaired) electrons. The average Bonchev–Trinajstić information content (AvgIpc) is 2.88. The minimum absolute atomic E-state index is 0.0178. The van der Waals surface area contributed by atoms with Gasteiger partial charge in [-0.3, -0.25) is 0 Å². The van der Waals surface area contributed by atoms with Crippen LogP contribution in [0.5, 0.6) is 11.5 Å². The number of benzene rings is 2. The van der Waals surface area contributed by atoms with Gasteiger partial charge < -0.3 is 25.3 Å². The summed E-state index contributed by atoms with van der Waals surface area (Å²) in [6.45, 7) is 20.0. The van der Waals surface area contributed by atoms with Crippen LogP contribution < -0.4 is 0 Å². The zero-order chi connectivity index (χ0) is 27.4. The molecule has 2 aliphatic rings. The summed E-state index contributed by atoms with van der Waals surface area (Å²) in [6, 6.07) is 10.9. The number of aliphatic hydroxyl groups is 2. The minimum Gasteiger partial charge on any atom is -0.508 e. The smallest absolute Gasteiger partial charge is 0.119 e. The summed E-state index contributed by atoms with van der Waals surface area (Å²) in [6.07, 6.45) is 6.54. The lowest BCUT2D eigenvalue weighted by Crippen LogP contribution is -2.31. The van der Waals surface area contributed by atoms with Gasteiger partial charge in [0.15, 0.2) is 0 Å². The van der Waals surface area contributed by atoms with Gasteiger partial charge in [0.05, 0.1) is 6.04 Å². The fourth-order valence-corrected chi connectivity index (χ4v) is 3.95. The first-order valence-corrected chi connectivity index (χ1v) is 12.8. The van der Waals surface area contributed by atoms with Crippen molar-refractivity contribution in [2.45, 2.75) is 66.8 Å². The van der Waals surface area contributed by atoms with Gasteiger partial charge in [0.1, 0.15) is 17.3 Å². The van der Waals surface area contributed by atoms with Gasteiger partial charge >= 0.3 is 0 Å². The molecule has 1 atom stereocenters. The fourth-order valence-electron chi connectivity index (χ4n) is 3.95. The van der Waals surface area contributed by atoms with Gasteiger partial charge in [-0.25, -0.2) is 0 Å². The molecule has 4 N–H and O–H groups in total. The van der Waals surface area contributed by atoms with Crippen LogP contribution in [-0.2, 0) is 6.42 Å². The van der Waals surface area contributed by atoms with Crippen LogP contribution in [0.15, 0.2) is 78.7 Å². The van der Waals surface area contributed by atoms with Gasteiger partial charge in [-0.05, 0) is 66.3 Å². The molecule has 36 heavy (non-hydrogen) atoms. The number of aliphatic hydroxyl groups excluding tert-OH is 2. The van der Waals surface area contributed by atoms with Crippen molar-refractivity contribution in [3.63, 3.8) is 0 Å². The van der Waals surface area contributed by atoms with Crippen molar-refractivity contribution < 1.29 is 20.4 Å². The highest BCUT2D eigenvalue weighted by Crippen LogP contribution is 2.45. The van der Waals surface area contributed by atoms with E-state index in [1.165, 1.54) is 0 Å². The molecule has 0 spiro atoms. The first-order chi connectivity index (χ1) is 17.3. The number of rotatable bonds is 4. The Bertz CT molecular complexity index is 1080. The lowest BCUT2D eigenvalue weighted by Gasteiger charge is -2.41. The Morgan fingerprint density at radius 3 is 2.17 bits per heavy atom. The van der Waals surface area contributed by atoms with Gasteiger partial charge in [-0.1, -0.05) is 72.4 Å². The molecule has 196 valence electrons. The number of phenols is 2. The normalized spacial score (nSPS) is 15.2. The maximum absolute atomic E-state index is 10.2. The SMILES string of the molecule is C=C(O)C1=CN2C(=CC1=C)c1cc(O)c(C)cc1CC2c1ccc(O)cc1.CC.CC.CCCCO. The van der Waals surface area contributed by atoms with Crippen molar-refractivity contribution in [3.05, 3.63) is 101 Å². The van der Waals surface area contributed by atoms with Crippen LogP contribution in [0, 0.1) is 6.92 Å². The molecular formula is C31H43NO4. The summed E-state index contributed by atoms with van der Waals surface area (Å²) in [7, 11) is 0. The predicted molar refractivity (Wildman–Crippen MR) is 151 cm³/mol. The van der Waals surface area contributed by atoms with E-state index in [0.717, 1.165) is 47.2 Å². The van der Waals surface area contributed by atoms with Crippen molar-refractivity contribution in [1.82, 2.24) is 4.90 Å². The van der Waals surface area contributed by atoms with Gasteiger partial charge in [-0.2, -0.15) is 0 Å². The summed E-state index contributed by atoms with van der Waals surface area (Å²) in [5.41, 5.74) is 6.14. The first-order valence-electron chi connectivity index (χ1n) is 12.8. The van der Waals surface area contributed by atoms with Crippen LogP contribution in [0.4, 0.5) is 0 Å². The Labute approximate surface area is 217 Å². The van der Waals surface area contributed by atoms with Crippen LogP contribution in [0.3, 0.4) is 0 Å². The van der Waals surface area contributed by atoms with Gasteiger partial charge in [0.2, 0.25) is 0 Å². The Morgan fingerprint density at radius 2 is 1.67 bits per heavy atom. The Kier molecular flexibility index (Phi) is 12.6. The molecule has 5 heteroatoms. The number of aromatic hydroxyl groups is 2.